The summed E-state index contributed by atoms with van der Waals surface area (Å²) >= 11 is 3.14. The number of rotatable bonds is 3. The Morgan fingerprint density at radius 2 is 2.29 bits per heavy atom. The van der Waals surface area contributed by atoms with Crippen molar-refractivity contribution in [1.29, 1.82) is 0 Å². The van der Waals surface area contributed by atoms with Crippen molar-refractivity contribution in [3.8, 4) is 0 Å². The van der Waals surface area contributed by atoms with E-state index in [2.05, 4.69) is 21.2 Å². The third-order valence-corrected chi connectivity index (χ3v) is 2.37. The largest absolute Gasteiger partial charge is 0.352 e. The molecule has 0 spiro atoms. The van der Waals surface area contributed by atoms with Crippen LogP contribution in [-0.2, 0) is 0 Å². The maximum atomic E-state index is 12.7. The number of halogens is 2. The van der Waals surface area contributed by atoms with E-state index in [9.17, 15) is 9.18 Å². The molecule has 1 aromatic carbocycles. The lowest BCUT2D eigenvalue weighted by atomic mass is 10.2. The summed E-state index contributed by atoms with van der Waals surface area (Å²) in [6, 6.07) is 4.01. The van der Waals surface area contributed by atoms with Crippen LogP contribution in [0.1, 0.15) is 23.7 Å². The van der Waals surface area contributed by atoms with Crippen molar-refractivity contribution in [2.24, 2.45) is 0 Å². The van der Waals surface area contributed by atoms with E-state index in [1.165, 1.54) is 18.2 Å². The molecule has 0 heterocycles. The van der Waals surface area contributed by atoms with E-state index in [1.54, 1.807) is 0 Å². The van der Waals surface area contributed by atoms with Crippen LogP contribution in [0.2, 0.25) is 0 Å². The Morgan fingerprint density at radius 3 is 2.86 bits per heavy atom. The molecule has 0 aromatic heterocycles. The highest BCUT2D eigenvalue weighted by molar-refractivity contribution is 9.10. The van der Waals surface area contributed by atoms with Gasteiger partial charge in [-0.1, -0.05) is 6.92 Å². The smallest absolute Gasteiger partial charge is 0.252 e. The Labute approximate surface area is 90.6 Å². The van der Waals surface area contributed by atoms with Crippen molar-refractivity contribution >= 4 is 21.8 Å². The molecule has 0 saturated heterocycles. The van der Waals surface area contributed by atoms with Crippen molar-refractivity contribution in [3.05, 3.63) is 34.1 Å². The maximum absolute atomic E-state index is 12.7. The number of hydrogen-bond acceptors (Lipinski definition) is 1. The standard InChI is InChI=1S/C10H11BrFNO/c1-2-5-13-10(14)8-4-3-7(12)6-9(8)11/h3-4,6H,2,5H2,1H3,(H,13,14). The molecule has 76 valence electrons. The fourth-order valence-electron chi connectivity index (χ4n) is 1.01. The Hall–Kier alpha value is -0.900. The molecule has 1 rings (SSSR count). The van der Waals surface area contributed by atoms with Gasteiger partial charge in [-0.25, -0.2) is 4.39 Å². The van der Waals surface area contributed by atoms with Crippen molar-refractivity contribution in [2.45, 2.75) is 13.3 Å². The minimum atomic E-state index is -0.357. The van der Waals surface area contributed by atoms with Crippen LogP contribution in [0.25, 0.3) is 0 Å². The quantitative estimate of drug-likeness (QED) is 0.889. The summed E-state index contributed by atoms with van der Waals surface area (Å²) < 4.78 is 13.2. The highest BCUT2D eigenvalue weighted by Crippen LogP contribution is 2.17. The van der Waals surface area contributed by atoms with Crippen LogP contribution < -0.4 is 5.32 Å². The molecule has 0 atom stereocenters. The number of benzene rings is 1. The summed E-state index contributed by atoms with van der Waals surface area (Å²) in [7, 11) is 0. The van der Waals surface area contributed by atoms with Gasteiger partial charge < -0.3 is 5.32 Å². The van der Waals surface area contributed by atoms with Gasteiger partial charge in [0.05, 0.1) is 5.56 Å². The molecule has 1 N–H and O–H groups in total. The molecule has 0 saturated carbocycles. The summed E-state index contributed by atoms with van der Waals surface area (Å²) in [6.07, 6.45) is 0.880. The van der Waals surface area contributed by atoms with E-state index in [1.807, 2.05) is 6.92 Å². The number of amides is 1. The summed E-state index contributed by atoms with van der Waals surface area (Å²) in [5.74, 6) is -0.539. The zero-order valence-electron chi connectivity index (χ0n) is 7.81. The topological polar surface area (TPSA) is 29.1 Å². The zero-order chi connectivity index (χ0) is 10.6. The normalized spacial score (nSPS) is 9.93. The Balaban J connectivity index is 2.80. The second kappa shape index (κ2) is 5.10. The molecule has 0 aliphatic carbocycles. The molecule has 0 aliphatic heterocycles. The monoisotopic (exact) mass is 259 g/mol. The molecule has 4 heteroatoms. The predicted octanol–water partition coefficient (Wildman–Crippen LogP) is 2.73. The zero-order valence-corrected chi connectivity index (χ0v) is 9.40. The predicted molar refractivity (Wildman–Crippen MR) is 56.7 cm³/mol. The Morgan fingerprint density at radius 1 is 1.57 bits per heavy atom. The van der Waals surface area contributed by atoms with Crippen molar-refractivity contribution in [3.63, 3.8) is 0 Å². The van der Waals surface area contributed by atoms with Gasteiger partial charge in [-0.05, 0) is 40.5 Å². The van der Waals surface area contributed by atoms with Gasteiger partial charge in [0.2, 0.25) is 0 Å². The lowest BCUT2D eigenvalue weighted by Gasteiger charge is -2.05. The summed E-state index contributed by atoms with van der Waals surface area (Å²) in [4.78, 5) is 11.5. The Kier molecular flexibility index (Phi) is 4.07. The number of carbonyl (C=O) groups excluding carboxylic acids is 1. The fraction of sp³-hybridized carbons (Fsp3) is 0.300. The van der Waals surface area contributed by atoms with E-state index >= 15 is 0 Å². The van der Waals surface area contributed by atoms with Gasteiger partial charge in [0.25, 0.3) is 5.91 Å². The lowest BCUT2D eigenvalue weighted by Crippen LogP contribution is -2.24. The summed E-state index contributed by atoms with van der Waals surface area (Å²) in [5, 5.41) is 2.72. The van der Waals surface area contributed by atoms with Crippen molar-refractivity contribution < 1.29 is 9.18 Å². The summed E-state index contributed by atoms with van der Waals surface area (Å²) in [5.41, 5.74) is 0.458. The first-order valence-corrected chi connectivity index (χ1v) is 5.17. The molecule has 0 aliphatic rings. The summed E-state index contributed by atoms with van der Waals surface area (Å²) in [6.45, 7) is 2.60. The molecular formula is C10H11BrFNO. The molecule has 0 radical (unpaired) electrons. The van der Waals surface area contributed by atoms with E-state index in [0.29, 0.717) is 16.6 Å². The SMILES string of the molecule is CCCNC(=O)c1ccc(F)cc1Br. The van der Waals surface area contributed by atoms with E-state index in [4.69, 9.17) is 0 Å². The van der Waals surface area contributed by atoms with Crippen LogP contribution in [0.4, 0.5) is 4.39 Å². The second-order valence-corrected chi connectivity index (χ2v) is 3.73. The van der Waals surface area contributed by atoms with E-state index in [-0.39, 0.29) is 11.7 Å². The van der Waals surface area contributed by atoms with Crippen LogP contribution in [0.15, 0.2) is 22.7 Å². The van der Waals surface area contributed by atoms with Crippen LogP contribution in [0.5, 0.6) is 0 Å². The average molecular weight is 260 g/mol. The van der Waals surface area contributed by atoms with Crippen LogP contribution in [0, 0.1) is 5.82 Å². The van der Waals surface area contributed by atoms with E-state index < -0.39 is 0 Å². The first-order valence-electron chi connectivity index (χ1n) is 4.38. The minimum Gasteiger partial charge on any atom is -0.352 e. The minimum absolute atomic E-state index is 0.182. The molecule has 2 nitrogen and oxygen atoms in total. The van der Waals surface area contributed by atoms with Gasteiger partial charge in [-0.3, -0.25) is 4.79 Å². The van der Waals surface area contributed by atoms with Gasteiger partial charge in [0, 0.05) is 11.0 Å². The van der Waals surface area contributed by atoms with Gasteiger partial charge in [-0.15, -0.1) is 0 Å². The molecule has 1 amide bonds. The van der Waals surface area contributed by atoms with Crippen molar-refractivity contribution in [2.75, 3.05) is 6.54 Å². The highest BCUT2D eigenvalue weighted by Gasteiger charge is 2.09. The highest BCUT2D eigenvalue weighted by atomic mass is 79.9. The molecule has 1 aromatic rings. The van der Waals surface area contributed by atoms with Gasteiger partial charge >= 0.3 is 0 Å². The maximum Gasteiger partial charge on any atom is 0.252 e. The number of carbonyl (C=O) groups is 1. The average Bonchev–Trinajstić information content (AvgIpc) is 2.14. The van der Waals surface area contributed by atoms with Crippen molar-refractivity contribution in [1.82, 2.24) is 5.32 Å². The molecule has 0 fully saturated rings. The lowest BCUT2D eigenvalue weighted by molar-refractivity contribution is 0.0953. The molecule has 14 heavy (non-hydrogen) atoms. The first kappa shape index (κ1) is 11.2. The second-order valence-electron chi connectivity index (χ2n) is 2.88. The van der Waals surface area contributed by atoms with Gasteiger partial charge in [0.15, 0.2) is 0 Å². The Bertz CT molecular complexity index is 341. The van der Waals surface area contributed by atoms with E-state index in [0.717, 1.165) is 6.42 Å². The molecule has 0 unspecified atom stereocenters. The van der Waals surface area contributed by atoms with Crippen LogP contribution >= 0.6 is 15.9 Å². The molecular weight excluding hydrogens is 249 g/mol. The number of hydrogen-bond donors (Lipinski definition) is 1. The third-order valence-electron chi connectivity index (χ3n) is 1.71. The fourth-order valence-corrected chi connectivity index (χ4v) is 1.54. The first-order chi connectivity index (χ1) is 6.65. The van der Waals surface area contributed by atoms with Crippen LogP contribution in [0.3, 0.4) is 0 Å². The third kappa shape index (κ3) is 2.80. The van der Waals surface area contributed by atoms with Gasteiger partial charge in [-0.2, -0.15) is 0 Å². The molecule has 0 bridgehead atoms. The number of nitrogens with one attached hydrogen (secondary N) is 1. The van der Waals surface area contributed by atoms with Crippen LogP contribution in [-0.4, -0.2) is 12.5 Å². The van der Waals surface area contributed by atoms with Gasteiger partial charge in [0.1, 0.15) is 5.82 Å².